The first-order valence-corrected chi connectivity index (χ1v) is 7.94. The SMILES string of the molecule is CCOc1ccc(F)c(-c2ccc3c(c2)c2ccncc2n3C)c1. The maximum Gasteiger partial charge on any atom is 0.131 e. The molecule has 3 nitrogen and oxygen atoms in total. The van der Waals surface area contributed by atoms with Gasteiger partial charge in [-0.3, -0.25) is 4.98 Å². The average Bonchev–Trinajstić information content (AvgIpc) is 2.90. The van der Waals surface area contributed by atoms with E-state index in [0.29, 0.717) is 17.9 Å². The largest absolute Gasteiger partial charge is 0.494 e. The predicted molar refractivity (Wildman–Crippen MR) is 94.8 cm³/mol. The Morgan fingerprint density at radius 1 is 1.04 bits per heavy atom. The van der Waals surface area contributed by atoms with Crippen molar-refractivity contribution in [1.29, 1.82) is 0 Å². The van der Waals surface area contributed by atoms with Gasteiger partial charge in [0.1, 0.15) is 11.6 Å². The molecular weight excluding hydrogens is 303 g/mol. The van der Waals surface area contributed by atoms with E-state index >= 15 is 0 Å². The van der Waals surface area contributed by atoms with E-state index in [1.807, 2.05) is 44.4 Å². The van der Waals surface area contributed by atoms with Gasteiger partial charge in [-0.2, -0.15) is 0 Å². The zero-order valence-electron chi connectivity index (χ0n) is 13.6. The maximum atomic E-state index is 14.3. The lowest BCUT2D eigenvalue weighted by atomic mass is 10.0. The number of pyridine rings is 1. The second-order valence-electron chi connectivity index (χ2n) is 5.76. The zero-order valence-corrected chi connectivity index (χ0v) is 13.6. The van der Waals surface area contributed by atoms with Crippen LogP contribution in [0.4, 0.5) is 4.39 Å². The zero-order chi connectivity index (χ0) is 16.7. The third-order valence-electron chi connectivity index (χ3n) is 4.37. The lowest BCUT2D eigenvalue weighted by molar-refractivity contribution is 0.340. The minimum Gasteiger partial charge on any atom is -0.494 e. The van der Waals surface area contributed by atoms with Gasteiger partial charge >= 0.3 is 0 Å². The molecule has 4 rings (SSSR count). The van der Waals surface area contributed by atoms with Gasteiger partial charge in [0.05, 0.1) is 18.3 Å². The molecule has 2 aromatic heterocycles. The van der Waals surface area contributed by atoms with E-state index < -0.39 is 0 Å². The third-order valence-corrected chi connectivity index (χ3v) is 4.37. The van der Waals surface area contributed by atoms with Crippen molar-refractivity contribution in [2.45, 2.75) is 6.92 Å². The van der Waals surface area contributed by atoms with Crippen molar-refractivity contribution in [3.63, 3.8) is 0 Å². The van der Waals surface area contributed by atoms with Crippen molar-refractivity contribution in [3.8, 4) is 16.9 Å². The van der Waals surface area contributed by atoms with Crippen LogP contribution in [0.5, 0.6) is 5.75 Å². The summed E-state index contributed by atoms with van der Waals surface area (Å²) in [5, 5.41) is 2.21. The van der Waals surface area contributed by atoms with Crippen molar-refractivity contribution in [1.82, 2.24) is 9.55 Å². The Kier molecular flexibility index (Phi) is 3.45. The van der Waals surface area contributed by atoms with Gasteiger partial charge in [-0.05, 0) is 48.9 Å². The number of benzene rings is 2. The van der Waals surface area contributed by atoms with Gasteiger partial charge in [0.15, 0.2) is 0 Å². The summed E-state index contributed by atoms with van der Waals surface area (Å²) in [6.07, 6.45) is 3.63. The lowest BCUT2D eigenvalue weighted by Gasteiger charge is -2.08. The molecule has 0 radical (unpaired) electrons. The lowest BCUT2D eigenvalue weighted by Crippen LogP contribution is -1.93. The smallest absolute Gasteiger partial charge is 0.131 e. The molecular formula is C20H17FN2O. The van der Waals surface area contributed by atoms with Crippen LogP contribution in [0.15, 0.2) is 54.9 Å². The van der Waals surface area contributed by atoms with Crippen LogP contribution in [0.1, 0.15) is 6.92 Å². The van der Waals surface area contributed by atoms with E-state index in [-0.39, 0.29) is 5.82 Å². The molecule has 0 bridgehead atoms. The van der Waals surface area contributed by atoms with Crippen LogP contribution in [0.3, 0.4) is 0 Å². The van der Waals surface area contributed by atoms with Crippen LogP contribution in [0.2, 0.25) is 0 Å². The van der Waals surface area contributed by atoms with Crippen LogP contribution in [-0.2, 0) is 7.05 Å². The number of hydrogen-bond acceptors (Lipinski definition) is 2. The van der Waals surface area contributed by atoms with Crippen LogP contribution >= 0.6 is 0 Å². The second-order valence-corrected chi connectivity index (χ2v) is 5.76. The highest BCUT2D eigenvalue weighted by atomic mass is 19.1. The van der Waals surface area contributed by atoms with E-state index in [2.05, 4.69) is 9.55 Å². The van der Waals surface area contributed by atoms with Gasteiger partial charge in [-0.25, -0.2) is 4.39 Å². The summed E-state index contributed by atoms with van der Waals surface area (Å²) in [5.74, 6) is 0.427. The fourth-order valence-electron chi connectivity index (χ4n) is 3.20. The molecule has 4 aromatic rings. The van der Waals surface area contributed by atoms with Gasteiger partial charge in [0, 0.05) is 35.1 Å². The molecule has 2 heterocycles. The Hall–Kier alpha value is -2.88. The maximum absolute atomic E-state index is 14.3. The summed E-state index contributed by atoms with van der Waals surface area (Å²) in [5.41, 5.74) is 3.55. The summed E-state index contributed by atoms with van der Waals surface area (Å²) in [7, 11) is 2.02. The number of nitrogens with zero attached hydrogens (tertiary/aromatic N) is 2. The molecule has 24 heavy (non-hydrogen) atoms. The second kappa shape index (κ2) is 5.64. The number of aryl methyl sites for hydroxylation is 1. The number of aromatic nitrogens is 2. The van der Waals surface area contributed by atoms with Gasteiger partial charge in [0.2, 0.25) is 0 Å². The monoisotopic (exact) mass is 320 g/mol. The number of halogens is 1. The van der Waals surface area contributed by atoms with Gasteiger partial charge in [0.25, 0.3) is 0 Å². The molecule has 120 valence electrons. The van der Waals surface area contributed by atoms with Crippen molar-refractivity contribution < 1.29 is 9.13 Å². The highest BCUT2D eigenvalue weighted by molar-refractivity contribution is 6.08. The first kappa shape index (κ1) is 14.7. The molecule has 0 fully saturated rings. The molecule has 0 unspecified atom stereocenters. The first-order valence-electron chi connectivity index (χ1n) is 7.94. The van der Waals surface area contributed by atoms with Gasteiger partial charge in [-0.1, -0.05) is 6.07 Å². The van der Waals surface area contributed by atoms with Crippen LogP contribution in [-0.4, -0.2) is 16.2 Å². The van der Waals surface area contributed by atoms with E-state index in [9.17, 15) is 4.39 Å². The molecule has 0 atom stereocenters. The summed E-state index contributed by atoms with van der Waals surface area (Å²) in [4.78, 5) is 4.20. The van der Waals surface area contributed by atoms with Crippen molar-refractivity contribution in [2.75, 3.05) is 6.61 Å². The van der Waals surface area contributed by atoms with Crippen molar-refractivity contribution in [3.05, 3.63) is 60.7 Å². The standard InChI is InChI=1S/C20H17FN2O/c1-3-24-14-5-6-18(21)16(11-14)13-4-7-19-17(10-13)15-8-9-22-12-20(15)23(19)2/h4-12H,3H2,1-2H3. The number of ether oxygens (including phenoxy) is 1. The Morgan fingerprint density at radius 2 is 1.92 bits per heavy atom. The van der Waals surface area contributed by atoms with E-state index in [0.717, 1.165) is 27.4 Å². The molecule has 0 saturated heterocycles. The Morgan fingerprint density at radius 3 is 2.75 bits per heavy atom. The summed E-state index contributed by atoms with van der Waals surface area (Å²) in [6, 6.07) is 12.9. The molecule has 2 aromatic carbocycles. The topological polar surface area (TPSA) is 27.1 Å². The molecule has 0 aliphatic carbocycles. The molecule has 0 spiro atoms. The summed E-state index contributed by atoms with van der Waals surface area (Å²) >= 11 is 0. The molecule has 0 aliphatic heterocycles. The quantitative estimate of drug-likeness (QED) is 0.535. The van der Waals surface area contributed by atoms with Crippen LogP contribution < -0.4 is 4.74 Å². The van der Waals surface area contributed by atoms with Crippen molar-refractivity contribution >= 4 is 21.8 Å². The van der Waals surface area contributed by atoms with E-state index in [4.69, 9.17) is 4.74 Å². The highest BCUT2D eigenvalue weighted by Gasteiger charge is 2.12. The Balaban J connectivity index is 1.95. The molecule has 0 aliphatic rings. The number of rotatable bonds is 3. The van der Waals surface area contributed by atoms with Crippen LogP contribution in [0, 0.1) is 5.82 Å². The van der Waals surface area contributed by atoms with Crippen molar-refractivity contribution in [2.24, 2.45) is 7.05 Å². The summed E-state index contributed by atoms with van der Waals surface area (Å²) < 4.78 is 22.0. The Labute approximate surface area is 139 Å². The highest BCUT2D eigenvalue weighted by Crippen LogP contribution is 2.33. The van der Waals surface area contributed by atoms with Gasteiger partial charge < -0.3 is 9.30 Å². The third kappa shape index (κ3) is 2.22. The number of fused-ring (bicyclic) bond motifs is 3. The normalized spacial score (nSPS) is 11.3. The molecule has 0 saturated carbocycles. The van der Waals surface area contributed by atoms with Crippen LogP contribution in [0.25, 0.3) is 32.9 Å². The molecule has 0 amide bonds. The predicted octanol–water partition coefficient (Wildman–Crippen LogP) is 4.93. The fourth-order valence-corrected chi connectivity index (χ4v) is 3.20. The first-order chi connectivity index (χ1) is 11.7. The number of hydrogen-bond donors (Lipinski definition) is 0. The van der Waals surface area contributed by atoms with Gasteiger partial charge in [-0.15, -0.1) is 0 Å². The average molecular weight is 320 g/mol. The minimum absolute atomic E-state index is 0.250. The van der Waals surface area contributed by atoms with E-state index in [1.165, 1.54) is 6.07 Å². The fraction of sp³-hybridized carbons (Fsp3) is 0.150. The minimum atomic E-state index is -0.250. The van der Waals surface area contributed by atoms with E-state index in [1.54, 1.807) is 18.3 Å². The Bertz CT molecular complexity index is 1050. The summed E-state index contributed by atoms with van der Waals surface area (Å²) in [6.45, 7) is 2.47. The molecule has 4 heteroatoms. The molecule has 0 N–H and O–H groups in total.